The maximum absolute atomic E-state index is 13.7. The van der Waals surface area contributed by atoms with Gasteiger partial charge in [-0.2, -0.15) is 18.3 Å². The highest BCUT2D eigenvalue weighted by atomic mass is 19.4. The van der Waals surface area contributed by atoms with Gasteiger partial charge in [0.05, 0.1) is 31.7 Å². The van der Waals surface area contributed by atoms with E-state index < -0.39 is 23.3 Å². The van der Waals surface area contributed by atoms with Crippen LogP contribution >= 0.6 is 0 Å². The molecule has 1 N–H and O–H groups in total. The lowest BCUT2D eigenvalue weighted by Gasteiger charge is -2.13. The number of hydrogen-bond donors (Lipinski definition) is 1. The maximum atomic E-state index is 13.7. The third-order valence-electron chi connectivity index (χ3n) is 4.43. The van der Waals surface area contributed by atoms with E-state index >= 15 is 0 Å². The molecule has 0 bridgehead atoms. The molecule has 3 aromatic rings. The van der Waals surface area contributed by atoms with Crippen molar-refractivity contribution in [3.8, 4) is 17.2 Å². The number of carbonyl (C=O) groups is 1. The third-order valence-corrected chi connectivity index (χ3v) is 4.43. The van der Waals surface area contributed by atoms with Gasteiger partial charge in [0.2, 0.25) is 0 Å². The zero-order valence-corrected chi connectivity index (χ0v) is 16.4. The van der Waals surface area contributed by atoms with Crippen LogP contribution in [-0.4, -0.2) is 36.5 Å². The second kappa shape index (κ2) is 8.89. The number of halogens is 3. The molecule has 1 heterocycles. The summed E-state index contributed by atoms with van der Waals surface area (Å²) in [5.74, 6) is 0.253. The number of para-hydroxylation sites is 1. The van der Waals surface area contributed by atoms with Gasteiger partial charge in [0.1, 0.15) is 0 Å². The van der Waals surface area contributed by atoms with E-state index in [0.29, 0.717) is 17.9 Å². The van der Waals surface area contributed by atoms with Gasteiger partial charge in [0, 0.05) is 6.54 Å². The zero-order chi connectivity index (χ0) is 21.7. The molecule has 0 spiro atoms. The topological polar surface area (TPSA) is 65.4 Å². The van der Waals surface area contributed by atoms with Crippen LogP contribution in [0.25, 0.3) is 5.69 Å². The average molecular weight is 419 g/mol. The third kappa shape index (κ3) is 4.56. The van der Waals surface area contributed by atoms with E-state index in [0.717, 1.165) is 16.4 Å². The van der Waals surface area contributed by atoms with Crippen molar-refractivity contribution in [1.82, 2.24) is 15.1 Å². The van der Waals surface area contributed by atoms with Gasteiger partial charge >= 0.3 is 6.18 Å². The van der Waals surface area contributed by atoms with Gasteiger partial charge in [-0.25, -0.2) is 4.68 Å². The molecule has 3 rings (SSSR count). The minimum atomic E-state index is -4.75. The van der Waals surface area contributed by atoms with E-state index in [4.69, 9.17) is 9.47 Å². The fourth-order valence-electron chi connectivity index (χ4n) is 3.00. The Labute approximate surface area is 171 Å². The second-order valence-corrected chi connectivity index (χ2v) is 6.35. The molecule has 0 saturated heterocycles. The molecular weight excluding hydrogens is 399 g/mol. The van der Waals surface area contributed by atoms with Gasteiger partial charge in [-0.1, -0.05) is 24.3 Å². The van der Waals surface area contributed by atoms with Crippen molar-refractivity contribution in [1.29, 1.82) is 0 Å². The predicted molar refractivity (Wildman–Crippen MR) is 104 cm³/mol. The van der Waals surface area contributed by atoms with Crippen LogP contribution in [0.4, 0.5) is 13.2 Å². The fraction of sp³-hybridized carbons (Fsp3) is 0.238. The fourth-order valence-corrected chi connectivity index (χ4v) is 3.00. The van der Waals surface area contributed by atoms with E-state index in [9.17, 15) is 18.0 Å². The monoisotopic (exact) mass is 419 g/mol. The van der Waals surface area contributed by atoms with Crippen molar-refractivity contribution in [2.75, 3.05) is 20.8 Å². The summed E-state index contributed by atoms with van der Waals surface area (Å²) in [5, 5.41) is 6.31. The molecule has 0 saturated carbocycles. The number of nitrogens with zero attached hydrogens (tertiary/aromatic N) is 2. The number of alkyl halides is 3. The molecule has 1 amide bonds. The molecule has 0 aliphatic carbocycles. The molecule has 0 aliphatic rings. The molecule has 1 aromatic heterocycles. The molecule has 0 atom stereocenters. The van der Waals surface area contributed by atoms with E-state index in [2.05, 4.69) is 10.4 Å². The summed E-state index contributed by atoms with van der Waals surface area (Å²) < 4.78 is 52.1. The highest BCUT2D eigenvalue weighted by Gasteiger charge is 2.40. The van der Waals surface area contributed by atoms with E-state index in [-0.39, 0.29) is 12.2 Å². The number of amides is 1. The maximum Gasteiger partial charge on any atom is 0.434 e. The Morgan fingerprint density at radius 1 is 1.07 bits per heavy atom. The van der Waals surface area contributed by atoms with Crippen molar-refractivity contribution in [2.45, 2.75) is 12.6 Å². The van der Waals surface area contributed by atoms with Crippen LogP contribution in [-0.2, 0) is 12.6 Å². The van der Waals surface area contributed by atoms with Gasteiger partial charge in [0.25, 0.3) is 5.91 Å². The summed E-state index contributed by atoms with van der Waals surface area (Å²) in [6, 6.07) is 13.1. The van der Waals surface area contributed by atoms with Crippen molar-refractivity contribution in [2.24, 2.45) is 0 Å². The molecule has 2 aromatic carbocycles. The normalized spacial score (nSPS) is 11.2. The zero-order valence-electron chi connectivity index (χ0n) is 16.4. The Bertz CT molecular complexity index is 1020. The smallest absolute Gasteiger partial charge is 0.434 e. The first-order chi connectivity index (χ1) is 14.3. The number of nitrogens with one attached hydrogen (secondary N) is 1. The van der Waals surface area contributed by atoms with E-state index in [1.165, 1.54) is 26.4 Å². The number of ether oxygens (including phenoxy) is 2. The molecule has 30 heavy (non-hydrogen) atoms. The molecule has 0 unspecified atom stereocenters. The van der Waals surface area contributed by atoms with Gasteiger partial charge in [0.15, 0.2) is 17.2 Å². The Balaban J connectivity index is 1.75. The van der Waals surface area contributed by atoms with E-state index in [1.54, 1.807) is 36.4 Å². The molecule has 6 nitrogen and oxygen atoms in total. The number of rotatable bonds is 7. The molecule has 0 radical (unpaired) electrons. The van der Waals surface area contributed by atoms with Crippen molar-refractivity contribution in [3.63, 3.8) is 0 Å². The Kier molecular flexibility index (Phi) is 6.29. The first kappa shape index (κ1) is 21.2. The van der Waals surface area contributed by atoms with Crippen LogP contribution < -0.4 is 14.8 Å². The van der Waals surface area contributed by atoms with Crippen molar-refractivity contribution < 1.29 is 27.4 Å². The summed E-state index contributed by atoms with van der Waals surface area (Å²) in [6.07, 6.45) is -3.41. The standard InChI is InChI=1S/C21H20F3N3O3/c1-29-17-9-8-14(12-18(17)30-2)10-11-25-20(28)16-13-26-27(19(16)21(22,23)24)15-6-4-3-5-7-15/h3-9,12-13H,10-11H2,1-2H3,(H,25,28). The van der Waals surface area contributed by atoms with Crippen LogP contribution in [0.2, 0.25) is 0 Å². The second-order valence-electron chi connectivity index (χ2n) is 6.35. The van der Waals surface area contributed by atoms with Crippen LogP contribution in [0.5, 0.6) is 11.5 Å². The Hall–Kier alpha value is -3.49. The van der Waals surface area contributed by atoms with Crippen LogP contribution in [0.3, 0.4) is 0 Å². The summed E-state index contributed by atoms with van der Waals surface area (Å²) >= 11 is 0. The SMILES string of the molecule is COc1ccc(CCNC(=O)c2cnn(-c3ccccc3)c2C(F)(F)F)cc1OC. The first-order valence-electron chi connectivity index (χ1n) is 9.05. The van der Waals surface area contributed by atoms with Gasteiger partial charge in [-0.05, 0) is 36.2 Å². The van der Waals surface area contributed by atoms with Gasteiger partial charge in [-0.15, -0.1) is 0 Å². The molecule has 158 valence electrons. The van der Waals surface area contributed by atoms with Crippen LogP contribution in [0.1, 0.15) is 21.6 Å². The number of methoxy groups -OCH3 is 2. The summed E-state index contributed by atoms with van der Waals surface area (Å²) in [4.78, 5) is 12.5. The minimum Gasteiger partial charge on any atom is -0.493 e. The lowest BCUT2D eigenvalue weighted by molar-refractivity contribution is -0.143. The number of aromatic nitrogens is 2. The molecular formula is C21H20F3N3O3. The van der Waals surface area contributed by atoms with Crippen molar-refractivity contribution >= 4 is 5.91 Å². The average Bonchev–Trinajstić information content (AvgIpc) is 3.20. The predicted octanol–water partition coefficient (Wildman–Crippen LogP) is 3.88. The van der Waals surface area contributed by atoms with Crippen LogP contribution in [0, 0.1) is 0 Å². The number of benzene rings is 2. The lowest BCUT2D eigenvalue weighted by Crippen LogP contribution is -2.28. The summed E-state index contributed by atoms with van der Waals surface area (Å²) in [6.45, 7) is 0.141. The minimum absolute atomic E-state index is 0.141. The molecule has 0 aliphatic heterocycles. The lowest BCUT2D eigenvalue weighted by atomic mass is 10.1. The molecule has 0 fully saturated rings. The Morgan fingerprint density at radius 2 is 1.77 bits per heavy atom. The van der Waals surface area contributed by atoms with Crippen molar-refractivity contribution in [3.05, 3.63) is 71.5 Å². The van der Waals surface area contributed by atoms with Crippen LogP contribution in [0.15, 0.2) is 54.7 Å². The van der Waals surface area contributed by atoms with Gasteiger partial charge < -0.3 is 14.8 Å². The first-order valence-corrected chi connectivity index (χ1v) is 9.05. The number of carbonyl (C=O) groups excluding carboxylic acids is 1. The quantitative estimate of drug-likeness (QED) is 0.631. The highest BCUT2D eigenvalue weighted by Crippen LogP contribution is 2.33. The summed E-state index contributed by atoms with van der Waals surface area (Å²) in [5.41, 5.74) is -0.589. The highest BCUT2D eigenvalue weighted by molar-refractivity contribution is 5.95. The number of hydrogen-bond acceptors (Lipinski definition) is 4. The Morgan fingerprint density at radius 3 is 2.40 bits per heavy atom. The van der Waals surface area contributed by atoms with Gasteiger partial charge in [-0.3, -0.25) is 4.79 Å². The molecule has 9 heteroatoms. The largest absolute Gasteiger partial charge is 0.493 e. The summed E-state index contributed by atoms with van der Waals surface area (Å²) in [7, 11) is 3.03. The van der Waals surface area contributed by atoms with E-state index in [1.807, 2.05) is 0 Å².